The van der Waals surface area contributed by atoms with Gasteiger partial charge >= 0.3 is 0 Å². The van der Waals surface area contributed by atoms with Crippen LogP contribution in [0, 0.1) is 0 Å². The fourth-order valence-corrected chi connectivity index (χ4v) is 2.17. The molecule has 0 aliphatic rings. The first-order chi connectivity index (χ1) is 12.9. The third-order valence-electron chi connectivity index (χ3n) is 3.33. The van der Waals surface area contributed by atoms with Crippen LogP contribution in [0.1, 0.15) is 30.8 Å². The molecule has 144 valence electrons. The van der Waals surface area contributed by atoms with Gasteiger partial charge in [-0.3, -0.25) is 14.4 Å². The molecule has 8 nitrogen and oxygen atoms in total. The Labute approximate surface area is 157 Å². The maximum Gasteiger partial charge on any atom is 0.291 e. The van der Waals surface area contributed by atoms with Crippen molar-refractivity contribution in [3.05, 3.63) is 48.4 Å². The Morgan fingerprint density at radius 1 is 1.11 bits per heavy atom. The highest BCUT2D eigenvalue weighted by atomic mass is 16.5. The SMILES string of the molecule is CC(C)NC(=O)CCNC(=O)COc1cccc(NC(=O)c2ccco2)c1. The smallest absolute Gasteiger partial charge is 0.291 e. The van der Waals surface area contributed by atoms with Gasteiger partial charge in [0.2, 0.25) is 5.91 Å². The first-order valence-electron chi connectivity index (χ1n) is 8.58. The van der Waals surface area contributed by atoms with E-state index in [1.807, 2.05) is 13.8 Å². The van der Waals surface area contributed by atoms with Crippen LogP contribution in [0.2, 0.25) is 0 Å². The third kappa shape index (κ3) is 7.23. The van der Waals surface area contributed by atoms with Gasteiger partial charge in [0, 0.05) is 30.8 Å². The molecule has 27 heavy (non-hydrogen) atoms. The number of benzene rings is 1. The summed E-state index contributed by atoms with van der Waals surface area (Å²) in [7, 11) is 0. The van der Waals surface area contributed by atoms with Gasteiger partial charge in [0.05, 0.1) is 6.26 Å². The molecule has 0 aliphatic heterocycles. The fourth-order valence-electron chi connectivity index (χ4n) is 2.17. The number of carbonyl (C=O) groups is 3. The quantitative estimate of drug-likeness (QED) is 0.622. The second-order valence-electron chi connectivity index (χ2n) is 6.07. The molecule has 0 radical (unpaired) electrons. The topological polar surface area (TPSA) is 110 Å². The lowest BCUT2D eigenvalue weighted by Gasteiger charge is -2.10. The summed E-state index contributed by atoms with van der Waals surface area (Å²) in [6, 6.07) is 9.91. The second-order valence-corrected chi connectivity index (χ2v) is 6.07. The number of ether oxygens (including phenoxy) is 1. The Morgan fingerprint density at radius 2 is 1.93 bits per heavy atom. The number of hydrogen-bond donors (Lipinski definition) is 3. The molecule has 3 amide bonds. The van der Waals surface area contributed by atoms with Gasteiger partial charge < -0.3 is 25.1 Å². The van der Waals surface area contributed by atoms with E-state index in [-0.39, 0.29) is 49.1 Å². The predicted octanol–water partition coefficient (Wildman–Crippen LogP) is 1.94. The zero-order chi connectivity index (χ0) is 19.6. The molecule has 8 heteroatoms. The van der Waals surface area contributed by atoms with E-state index in [0.29, 0.717) is 11.4 Å². The minimum atomic E-state index is -0.380. The van der Waals surface area contributed by atoms with Crippen LogP contribution in [0.25, 0.3) is 0 Å². The standard InChI is InChI=1S/C19H23N3O5/c1-13(2)21-17(23)8-9-20-18(24)12-27-15-6-3-5-14(11-15)22-19(25)16-7-4-10-26-16/h3-7,10-11,13H,8-9,12H2,1-2H3,(H,20,24)(H,21,23)(H,22,25). The summed E-state index contributed by atoms with van der Waals surface area (Å²) < 4.78 is 10.4. The molecule has 0 spiro atoms. The number of hydrogen-bond acceptors (Lipinski definition) is 5. The van der Waals surface area contributed by atoms with E-state index in [1.165, 1.54) is 6.26 Å². The number of nitrogens with one attached hydrogen (secondary N) is 3. The lowest BCUT2D eigenvalue weighted by Crippen LogP contribution is -2.35. The Kier molecular flexibility index (Phi) is 7.42. The maximum absolute atomic E-state index is 12.0. The Balaban J connectivity index is 1.75. The molecule has 1 aromatic carbocycles. The lowest BCUT2D eigenvalue weighted by molar-refractivity contribution is -0.123. The third-order valence-corrected chi connectivity index (χ3v) is 3.33. The first-order valence-corrected chi connectivity index (χ1v) is 8.58. The van der Waals surface area contributed by atoms with Crippen molar-refractivity contribution >= 4 is 23.4 Å². The molecule has 0 aliphatic carbocycles. The van der Waals surface area contributed by atoms with Crippen LogP contribution in [0.15, 0.2) is 47.1 Å². The highest BCUT2D eigenvalue weighted by Gasteiger charge is 2.10. The first kappa shape index (κ1) is 20.0. The Morgan fingerprint density at radius 3 is 2.63 bits per heavy atom. The second kappa shape index (κ2) is 10.0. The predicted molar refractivity (Wildman–Crippen MR) is 99.5 cm³/mol. The zero-order valence-electron chi connectivity index (χ0n) is 15.3. The fraction of sp³-hybridized carbons (Fsp3) is 0.316. The van der Waals surface area contributed by atoms with Crippen molar-refractivity contribution in [2.75, 3.05) is 18.5 Å². The number of amides is 3. The molecule has 2 aromatic rings. The molecular formula is C19H23N3O5. The van der Waals surface area contributed by atoms with E-state index in [4.69, 9.17) is 9.15 Å². The number of carbonyl (C=O) groups excluding carboxylic acids is 3. The molecule has 1 aromatic heterocycles. The van der Waals surface area contributed by atoms with E-state index < -0.39 is 0 Å². The van der Waals surface area contributed by atoms with Crippen molar-refractivity contribution in [1.29, 1.82) is 0 Å². The van der Waals surface area contributed by atoms with Crippen LogP contribution in [0.3, 0.4) is 0 Å². The average Bonchev–Trinajstić information content (AvgIpc) is 3.14. The Bertz CT molecular complexity index is 771. The summed E-state index contributed by atoms with van der Waals surface area (Å²) in [5.41, 5.74) is 0.514. The van der Waals surface area contributed by atoms with Gasteiger partial charge in [-0.05, 0) is 38.1 Å². The maximum atomic E-state index is 12.0. The molecule has 0 saturated heterocycles. The van der Waals surface area contributed by atoms with Crippen LogP contribution in [0.5, 0.6) is 5.75 Å². The molecule has 0 saturated carbocycles. The van der Waals surface area contributed by atoms with Gasteiger partial charge in [0.25, 0.3) is 11.8 Å². The number of rotatable bonds is 9. The summed E-state index contributed by atoms with van der Waals surface area (Å²) in [6.45, 7) is 3.78. The molecule has 0 bridgehead atoms. The van der Waals surface area contributed by atoms with E-state index in [9.17, 15) is 14.4 Å². The normalized spacial score (nSPS) is 10.3. The molecule has 0 unspecified atom stereocenters. The average molecular weight is 373 g/mol. The Hall–Kier alpha value is -3.29. The van der Waals surface area contributed by atoms with E-state index in [1.54, 1.807) is 36.4 Å². The van der Waals surface area contributed by atoms with Crippen LogP contribution in [-0.2, 0) is 9.59 Å². The summed E-state index contributed by atoms with van der Waals surface area (Å²) in [4.78, 5) is 35.2. The largest absolute Gasteiger partial charge is 0.484 e. The lowest BCUT2D eigenvalue weighted by atomic mass is 10.3. The molecule has 0 fully saturated rings. The highest BCUT2D eigenvalue weighted by molar-refractivity contribution is 6.02. The van der Waals surface area contributed by atoms with Crippen molar-refractivity contribution in [3.8, 4) is 5.75 Å². The minimum Gasteiger partial charge on any atom is -0.484 e. The van der Waals surface area contributed by atoms with Gasteiger partial charge in [0.15, 0.2) is 12.4 Å². The van der Waals surface area contributed by atoms with E-state index >= 15 is 0 Å². The molecule has 2 rings (SSSR count). The van der Waals surface area contributed by atoms with Gasteiger partial charge in [-0.15, -0.1) is 0 Å². The van der Waals surface area contributed by atoms with Crippen molar-refractivity contribution in [2.24, 2.45) is 0 Å². The zero-order valence-corrected chi connectivity index (χ0v) is 15.3. The summed E-state index contributed by atoms with van der Waals surface area (Å²) in [5, 5.41) is 8.04. The van der Waals surface area contributed by atoms with E-state index in [0.717, 1.165) is 0 Å². The highest BCUT2D eigenvalue weighted by Crippen LogP contribution is 2.18. The summed E-state index contributed by atoms with van der Waals surface area (Å²) in [5.74, 6) is -0.208. The van der Waals surface area contributed by atoms with Gasteiger partial charge in [-0.1, -0.05) is 6.07 Å². The van der Waals surface area contributed by atoms with Gasteiger partial charge in [-0.2, -0.15) is 0 Å². The minimum absolute atomic E-state index is 0.0667. The molecule has 3 N–H and O–H groups in total. The van der Waals surface area contributed by atoms with Crippen molar-refractivity contribution in [2.45, 2.75) is 26.3 Å². The number of anilines is 1. The van der Waals surface area contributed by atoms with Crippen LogP contribution < -0.4 is 20.7 Å². The van der Waals surface area contributed by atoms with Crippen LogP contribution >= 0.6 is 0 Å². The monoisotopic (exact) mass is 373 g/mol. The van der Waals surface area contributed by atoms with Crippen LogP contribution in [-0.4, -0.2) is 36.9 Å². The van der Waals surface area contributed by atoms with Crippen LogP contribution in [0.4, 0.5) is 5.69 Å². The van der Waals surface area contributed by atoms with Crippen molar-refractivity contribution < 1.29 is 23.5 Å². The summed E-state index contributed by atoms with van der Waals surface area (Å²) >= 11 is 0. The van der Waals surface area contributed by atoms with Crippen molar-refractivity contribution in [1.82, 2.24) is 10.6 Å². The van der Waals surface area contributed by atoms with Crippen molar-refractivity contribution in [3.63, 3.8) is 0 Å². The molecular weight excluding hydrogens is 350 g/mol. The molecule has 1 heterocycles. The summed E-state index contributed by atoms with van der Waals surface area (Å²) in [6.07, 6.45) is 1.62. The number of furan rings is 1. The van der Waals surface area contributed by atoms with Gasteiger partial charge in [-0.25, -0.2) is 0 Å². The van der Waals surface area contributed by atoms with E-state index in [2.05, 4.69) is 16.0 Å². The molecule has 0 atom stereocenters. The van der Waals surface area contributed by atoms with Gasteiger partial charge in [0.1, 0.15) is 5.75 Å².